The normalized spacial score (nSPS) is 19.0. The number of ketones is 1. The first-order valence-electron chi connectivity index (χ1n) is 10.7. The SMILES string of the molecule is CC(=O)c1ccc(-c2cc3nccc(-c4cccc(C(=O)N5CC6OCC65)c4F)c3o2)cc1. The highest BCUT2D eigenvalue weighted by Crippen LogP contribution is 2.37. The van der Waals surface area contributed by atoms with Gasteiger partial charge in [0.05, 0.1) is 24.3 Å². The van der Waals surface area contributed by atoms with E-state index in [1.807, 2.05) is 0 Å². The van der Waals surface area contributed by atoms with Crippen molar-refractivity contribution in [2.24, 2.45) is 0 Å². The lowest BCUT2D eigenvalue weighted by Crippen LogP contribution is -2.71. The molecule has 6 rings (SSSR count). The second kappa shape index (κ2) is 7.35. The van der Waals surface area contributed by atoms with Crippen LogP contribution in [-0.2, 0) is 4.74 Å². The maximum absolute atomic E-state index is 15.6. The molecule has 4 aromatic rings. The second-order valence-electron chi connectivity index (χ2n) is 8.38. The summed E-state index contributed by atoms with van der Waals surface area (Å²) in [6, 6.07) is 15.4. The molecule has 2 unspecified atom stereocenters. The molecule has 2 aliphatic heterocycles. The average molecular weight is 442 g/mol. The monoisotopic (exact) mass is 442 g/mol. The van der Waals surface area contributed by atoms with Crippen LogP contribution in [0.3, 0.4) is 0 Å². The highest BCUT2D eigenvalue weighted by atomic mass is 19.1. The van der Waals surface area contributed by atoms with Crippen molar-refractivity contribution in [1.82, 2.24) is 9.88 Å². The van der Waals surface area contributed by atoms with Gasteiger partial charge in [0.1, 0.15) is 17.1 Å². The van der Waals surface area contributed by atoms with Crippen molar-refractivity contribution in [2.45, 2.75) is 19.1 Å². The molecule has 2 aliphatic rings. The van der Waals surface area contributed by atoms with Gasteiger partial charge in [0.25, 0.3) is 5.91 Å². The zero-order valence-electron chi connectivity index (χ0n) is 17.7. The van der Waals surface area contributed by atoms with Crippen molar-refractivity contribution in [2.75, 3.05) is 13.2 Å². The van der Waals surface area contributed by atoms with Crippen LogP contribution in [0.2, 0.25) is 0 Å². The highest BCUT2D eigenvalue weighted by molar-refractivity contribution is 5.99. The molecule has 2 fully saturated rings. The molecule has 164 valence electrons. The number of hydrogen-bond donors (Lipinski definition) is 0. The van der Waals surface area contributed by atoms with Crippen molar-refractivity contribution in [3.8, 4) is 22.5 Å². The van der Waals surface area contributed by atoms with E-state index < -0.39 is 5.82 Å². The number of likely N-dealkylation sites (tertiary alicyclic amines) is 1. The summed E-state index contributed by atoms with van der Waals surface area (Å²) in [4.78, 5) is 30.5. The van der Waals surface area contributed by atoms with Gasteiger partial charge in [-0.05, 0) is 19.1 Å². The Morgan fingerprint density at radius 2 is 1.91 bits per heavy atom. The van der Waals surface area contributed by atoms with Crippen LogP contribution in [-0.4, -0.2) is 46.9 Å². The Balaban J connectivity index is 1.39. The topological polar surface area (TPSA) is 72.6 Å². The van der Waals surface area contributed by atoms with E-state index in [0.29, 0.717) is 41.1 Å². The van der Waals surface area contributed by atoms with E-state index in [-0.39, 0.29) is 35.0 Å². The molecule has 0 radical (unpaired) electrons. The van der Waals surface area contributed by atoms with Crippen molar-refractivity contribution >= 4 is 22.8 Å². The number of hydrogen-bond acceptors (Lipinski definition) is 5. The lowest BCUT2D eigenvalue weighted by molar-refractivity contribution is -0.195. The number of amides is 1. The molecular formula is C26H19FN2O4. The summed E-state index contributed by atoms with van der Waals surface area (Å²) in [7, 11) is 0. The summed E-state index contributed by atoms with van der Waals surface area (Å²) < 4.78 is 27.0. The molecule has 0 N–H and O–H groups in total. The largest absolute Gasteiger partial charge is 0.454 e. The maximum atomic E-state index is 15.6. The molecule has 0 saturated carbocycles. The third-order valence-electron chi connectivity index (χ3n) is 6.46. The van der Waals surface area contributed by atoms with Gasteiger partial charge < -0.3 is 14.1 Å². The zero-order chi connectivity index (χ0) is 22.7. The van der Waals surface area contributed by atoms with Crippen LogP contribution in [0.4, 0.5) is 4.39 Å². The van der Waals surface area contributed by atoms with Crippen molar-refractivity contribution in [3.05, 3.63) is 77.7 Å². The molecule has 2 saturated heterocycles. The first kappa shape index (κ1) is 19.8. The van der Waals surface area contributed by atoms with Crippen LogP contribution in [0.25, 0.3) is 33.6 Å². The van der Waals surface area contributed by atoms with E-state index in [1.54, 1.807) is 59.6 Å². The van der Waals surface area contributed by atoms with Gasteiger partial charge >= 0.3 is 0 Å². The number of aromatic nitrogens is 1. The number of halogens is 1. The van der Waals surface area contributed by atoms with Gasteiger partial charge in [-0.15, -0.1) is 0 Å². The van der Waals surface area contributed by atoms with Gasteiger partial charge in [0.2, 0.25) is 0 Å². The first-order valence-corrected chi connectivity index (χ1v) is 10.7. The lowest BCUT2D eigenvalue weighted by Gasteiger charge is -2.54. The molecule has 0 bridgehead atoms. The van der Waals surface area contributed by atoms with Gasteiger partial charge in [-0.2, -0.15) is 0 Å². The minimum Gasteiger partial charge on any atom is -0.454 e. The van der Waals surface area contributed by atoms with Crippen LogP contribution in [0.15, 0.2) is 65.2 Å². The zero-order valence-corrected chi connectivity index (χ0v) is 17.7. The van der Waals surface area contributed by atoms with Gasteiger partial charge in [-0.3, -0.25) is 14.6 Å². The van der Waals surface area contributed by atoms with Crippen molar-refractivity contribution < 1.29 is 23.1 Å². The van der Waals surface area contributed by atoms with E-state index in [4.69, 9.17) is 9.15 Å². The summed E-state index contributed by atoms with van der Waals surface area (Å²) >= 11 is 0. The fourth-order valence-corrected chi connectivity index (χ4v) is 4.43. The fourth-order valence-electron chi connectivity index (χ4n) is 4.43. The predicted octanol–water partition coefficient (Wildman–Crippen LogP) is 4.73. The Bertz CT molecular complexity index is 1430. The van der Waals surface area contributed by atoms with E-state index in [2.05, 4.69) is 4.98 Å². The maximum Gasteiger partial charge on any atom is 0.257 e. The van der Waals surface area contributed by atoms with Crippen LogP contribution >= 0.6 is 0 Å². The van der Waals surface area contributed by atoms with E-state index in [9.17, 15) is 9.59 Å². The summed E-state index contributed by atoms with van der Waals surface area (Å²) in [6.07, 6.45) is 1.68. The quantitative estimate of drug-likeness (QED) is 0.428. The van der Waals surface area contributed by atoms with Gasteiger partial charge in [-0.1, -0.05) is 36.4 Å². The fraction of sp³-hybridized carbons (Fsp3) is 0.192. The smallest absolute Gasteiger partial charge is 0.257 e. The summed E-state index contributed by atoms with van der Waals surface area (Å²) in [5, 5.41) is 0. The number of nitrogens with zero attached hydrogens (tertiary/aromatic N) is 2. The molecule has 2 aromatic carbocycles. The number of furan rings is 1. The van der Waals surface area contributed by atoms with Crippen LogP contribution < -0.4 is 0 Å². The summed E-state index contributed by atoms with van der Waals surface area (Å²) in [6.45, 7) is 2.52. The molecule has 0 aliphatic carbocycles. The first-order chi connectivity index (χ1) is 16.0. The number of rotatable bonds is 4. The molecule has 6 nitrogen and oxygen atoms in total. The number of ether oxygens (including phenoxy) is 1. The standard InChI is InChI=1S/C26H19FN2O4/c1-14(30)15-5-7-16(8-6-15)22-11-20-25(33-22)18(9-10-28-20)17-3-2-4-19(24(17)27)26(31)29-12-23-21(29)13-32-23/h2-11,21,23H,12-13H2,1H3. The summed E-state index contributed by atoms with van der Waals surface area (Å²) in [5.74, 6) is -0.361. The van der Waals surface area contributed by atoms with Crippen LogP contribution in [0.5, 0.6) is 0 Å². The molecule has 7 heteroatoms. The van der Waals surface area contributed by atoms with E-state index >= 15 is 4.39 Å². The number of morpholine rings is 1. The molecule has 0 spiro atoms. The third kappa shape index (κ3) is 3.08. The van der Waals surface area contributed by atoms with Gasteiger partial charge in [-0.25, -0.2) is 4.39 Å². The number of benzene rings is 2. The van der Waals surface area contributed by atoms with E-state index in [1.165, 1.54) is 13.0 Å². The molecule has 2 aromatic heterocycles. The number of carbonyl (C=O) groups is 2. The Hall–Kier alpha value is -3.84. The molecular weight excluding hydrogens is 423 g/mol. The van der Waals surface area contributed by atoms with Crippen LogP contribution in [0, 0.1) is 5.82 Å². The Labute approximate surface area is 188 Å². The number of carbonyl (C=O) groups excluding carboxylic acids is 2. The van der Waals surface area contributed by atoms with Crippen LogP contribution in [0.1, 0.15) is 27.6 Å². The molecule has 1 amide bonds. The Morgan fingerprint density at radius 1 is 1.09 bits per heavy atom. The molecule has 33 heavy (non-hydrogen) atoms. The third-order valence-corrected chi connectivity index (χ3v) is 6.46. The van der Waals surface area contributed by atoms with Crippen molar-refractivity contribution in [3.63, 3.8) is 0 Å². The van der Waals surface area contributed by atoms with Crippen molar-refractivity contribution in [1.29, 1.82) is 0 Å². The van der Waals surface area contributed by atoms with Gasteiger partial charge in [0, 0.05) is 41.1 Å². The molecule has 4 heterocycles. The number of pyridine rings is 1. The molecule has 2 atom stereocenters. The average Bonchev–Trinajstić information content (AvgIpc) is 3.25. The Morgan fingerprint density at radius 3 is 2.58 bits per heavy atom. The Kier molecular flexibility index (Phi) is 4.41. The number of fused-ring (bicyclic) bond motifs is 2. The minimum atomic E-state index is -0.581. The highest BCUT2D eigenvalue weighted by Gasteiger charge is 2.50. The minimum absolute atomic E-state index is 0.0152. The lowest BCUT2D eigenvalue weighted by atomic mass is 9.93. The summed E-state index contributed by atoms with van der Waals surface area (Å²) in [5.41, 5.74) is 3.24. The predicted molar refractivity (Wildman–Crippen MR) is 119 cm³/mol. The van der Waals surface area contributed by atoms with Gasteiger partial charge in [0.15, 0.2) is 11.4 Å². The van der Waals surface area contributed by atoms with E-state index in [0.717, 1.165) is 5.56 Å². The second-order valence-corrected chi connectivity index (χ2v) is 8.38. The number of Topliss-reactive ketones (excluding diaryl/α,β-unsaturated/α-hetero) is 1.